The van der Waals surface area contributed by atoms with Crippen LogP contribution in [0.5, 0.6) is 17.2 Å². The van der Waals surface area contributed by atoms with E-state index in [1.54, 1.807) is 31.3 Å². The van der Waals surface area contributed by atoms with Crippen LogP contribution in [0.3, 0.4) is 0 Å². The van der Waals surface area contributed by atoms with Crippen molar-refractivity contribution in [3.05, 3.63) is 54.1 Å². The average Bonchev–Trinajstić information content (AvgIpc) is 3.35. The molecular weight excluding hydrogens is 420 g/mol. The summed E-state index contributed by atoms with van der Waals surface area (Å²) in [5.74, 6) is 1.36. The normalized spacial score (nSPS) is 14.4. The number of amides is 2. The lowest BCUT2D eigenvalue weighted by Crippen LogP contribution is -2.52. The van der Waals surface area contributed by atoms with E-state index in [1.165, 1.54) is 0 Å². The topological polar surface area (TPSA) is 77.1 Å². The van der Waals surface area contributed by atoms with Crippen LogP contribution in [0.2, 0.25) is 0 Å². The number of carbonyl (C=O) groups is 2. The number of carbonyl (C=O) groups excluding carboxylic acids is 2. The second-order valence-electron chi connectivity index (χ2n) is 8.23. The molecule has 0 aliphatic heterocycles. The molecule has 178 valence electrons. The first kappa shape index (κ1) is 24.4. The molecular formula is C26H34N2O5. The molecule has 1 N–H and O–H groups in total. The van der Waals surface area contributed by atoms with Gasteiger partial charge < -0.3 is 24.4 Å². The van der Waals surface area contributed by atoms with Crippen LogP contribution in [0, 0.1) is 0 Å². The molecule has 0 heterocycles. The lowest BCUT2D eigenvalue weighted by molar-refractivity contribution is -0.143. The number of benzene rings is 2. The maximum absolute atomic E-state index is 13.4. The first-order chi connectivity index (χ1) is 16.0. The van der Waals surface area contributed by atoms with Crippen LogP contribution in [-0.4, -0.2) is 49.6 Å². The molecule has 7 nitrogen and oxygen atoms in total. The number of hydrogen-bond donors (Lipinski definition) is 1. The van der Waals surface area contributed by atoms with Crippen molar-refractivity contribution in [2.75, 3.05) is 20.8 Å². The van der Waals surface area contributed by atoms with E-state index in [1.807, 2.05) is 43.3 Å². The van der Waals surface area contributed by atoms with Gasteiger partial charge in [-0.1, -0.05) is 44.0 Å². The Kier molecular flexibility index (Phi) is 8.98. The van der Waals surface area contributed by atoms with Gasteiger partial charge in [-0.2, -0.15) is 0 Å². The fourth-order valence-electron chi connectivity index (χ4n) is 4.21. The molecule has 1 aliphatic rings. The van der Waals surface area contributed by atoms with Gasteiger partial charge in [0, 0.05) is 12.6 Å². The van der Waals surface area contributed by atoms with Crippen molar-refractivity contribution in [1.29, 1.82) is 0 Å². The molecule has 1 aliphatic carbocycles. The maximum atomic E-state index is 13.4. The maximum Gasteiger partial charge on any atom is 0.261 e. The van der Waals surface area contributed by atoms with Gasteiger partial charge in [0.1, 0.15) is 11.8 Å². The lowest BCUT2D eigenvalue weighted by atomic mass is 10.1. The van der Waals surface area contributed by atoms with Crippen molar-refractivity contribution in [1.82, 2.24) is 10.2 Å². The van der Waals surface area contributed by atoms with Crippen LogP contribution in [0.25, 0.3) is 0 Å². The zero-order valence-corrected chi connectivity index (χ0v) is 19.7. The highest BCUT2D eigenvalue weighted by Gasteiger charge is 2.31. The van der Waals surface area contributed by atoms with Crippen molar-refractivity contribution in [2.45, 2.75) is 57.7 Å². The van der Waals surface area contributed by atoms with Gasteiger partial charge in [0.15, 0.2) is 18.1 Å². The number of rotatable bonds is 11. The summed E-state index contributed by atoms with van der Waals surface area (Å²) in [6.07, 6.45) is 4.73. The van der Waals surface area contributed by atoms with Crippen molar-refractivity contribution in [3.8, 4) is 17.2 Å². The third-order valence-corrected chi connectivity index (χ3v) is 5.99. The Balaban J connectivity index is 1.79. The standard InChI is InChI=1S/C26H34N2O5/c1-4-22(26(30)27-20-11-5-6-12-20)28(17-19-10-9-13-21(16-19)31-2)25(29)18-33-24-15-8-7-14-23(24)32-3/h7-10,13-16,20,22H,4-6,11-12,17-18H2,1-3H3,(H,27,30)/t22-/m1/s1. The number of hydrogen-bond acceptors (Lipinski definition) is 5. The Morgan fingerprint density at radius 1 is 1.03 bits per heavy atom. The van der Waals surface area contributed by atoms with Crippen molar-refractivity contribution in [2.24, 2.45) is 0 Å². The summed E-state index contributed by atoms with van der Waals surface area (Å²) >= 11 is 0. The van der Waals surface area contributed by atoms with Gasteiger partial charge in [0.05, 0.1) is 14.2 Å². The Bertz CT molecular complexity index is 926. The lowest BCUT2D eigenvalue weighted by Gasteiger charge is -2.31. The minimum atomic E-state index is -0.592. The number of methoxy groups -OCH3 is 2. The summed E-state index contributed by atoms with van der Waals surface area (Å²) in [6.45, 7) is 2.01. The summed E-state index contributed by atoms with van der Waals surface area (Å²) in [6, 6.07) is 14.3. The molecule has 2 aromatic carbocycles. The molecule has 7 heteroatoms. The zero-order valence-electron chi connectivity index (χ0n) is 19.7. The van der Waals surface area contributed by atoms with E-state index < -0.39 is 6.04 Å². The average molecular weight is 455 g/mol. The van der Waals surface area contributed by atoms with Gasteiger partial charge in [0.25, 0.3) is 5.91 Å². The second kappa shape index (κ2) is 12.1. The first-order valence-corrected chi connectivity index (χ1v) is 11.5. The third-order valence-electron chi connectivity index (χ3n) is 5.99. The molecule has 1 saturated carbocycles. The van der Waals surface area contributed by atoms with Crippen molar-refractivity contribution in [3.63, 3.8) is 0 Å². The molecule has 1 fully saturated rings. The molecule has 2 aromatic rings. The summed E-state index contributed by atoms with van der Waals surface area (Å²) < 4.78 is 16.4. The predicted molar refractivity (Wildman–Crippen MR) is 127 cm³/mol. The predicted octanol–water partition coefficient (Wildman–Crippen LogP) is 3.95. The smallest absolute Gasteiger partial charge is 0.261 e. The van der Waals surface area contributed by atoms with Crippen LogP contribution in [0.15, 0.2) is 48.5 Å². The van der Waals surface area contributed by atoms with E-state index >= 15 is 0 Å². The minimum absolute atomic E-state index is 0.113. The molecule has 0 unspecified atom stereocenters. The van der Waals surface area contributed by atoms with Crippen LogP contribution >= 0.6 is 0 Å². The molecule has 1 atom stereocenters. The number of nitrogens with one attached hydrogen (secondary N) is 1. The third kappa shape index (κ3) is 6.63. The summed E-state index contributed by atoms with van der Waals surface area (Å²) in [7, 11) is 3.16. The molecule has 33 heavy (non-hydrogen) atoms. The highest BCUT2D eigenvalue weighted by molar-refractivity contribution is 5.88. The molecule has 0 radical (unpaired) electrons. The van der Waals surface area contributed by atoms with E-state index in [4.69, 9.17) is 14.2 Å². The number of ether oxygens (including phenoxy) is 3. The van der Waals surface area contributed by atoms with Gasteiger partial charge in [0.2, 0.25) is 5.91 Å². The van der Waals surface area contributed by atoms with Crippen molar-refractivity contribution < 1.29 is 23.8 Å². The van der Waals surface area contributed by atoms with E-state index in [0.717, 1.165) is 31.2 Å². The van der Waals surface area contributed by atoms with E-state index in [2.05, 4.69) is 5.32 Å². The second-order valence-corrected chi connectivity index (χ2v) is 8.23. The molecule has 0 aromatic heterocycles. The highest BCUT2D eigenvalue weighted by Crippen LogP contribution is 2.26. The molecule has 2 amide bonds. The summed E-state index contributed by atoms with van der Waals surface area (Å²) in [5.41, 5.74) is 0.882. The van der Waals surface area contributed by atoms with Crippen LogP contribution < -0.4 is 19.5 Å². The SMILES string of the molecule is CC[C@H](C(=O)NC1CCCC1)N(Cc1cccc(OC)c1)C(=O)COc1ccccc1OC. The Morgan fingerprint density at radius 3 is 2.42 bits per heavy atom. The highest BCUT2D eigenvalue weighted by atomic mass is 16.5. The Hall–Kier alpha value is -3.22. The van der Waals surface area contributed by atoms with Gasteiger partial charge in [-0.25, -0.2) is 0 Å². The van der Waals surface area contributed by atoms with E-state index in [9.17, 15) is 9.59 Å². The quantitative estimate of drug-likeness (QED) is 0.556. The monoisotopic (exact) mass is 454 g/mol. The van der Waals surface area contributed by atoms with E-state index in [-0.39, 0.29) is 31.0 Å². The van der Waals surface area contributed by atoms with Gasteiger partial charge in [-0.05, 0) is 49.1 Å². The largest absolute Gasteiger partial charge is 0.497 e. The fourth-order valence-corrected chi connectivity index (χ4v) is 4.21. The molecule has 0 spiro atoms. The first-order valence-electron chi connectivity index (χ1n) is 11.5. The summed E-state index contributed by atoms with van der Waals surface area (Å²) in [4.78, 5) is 28.1. The van der Waals surface area contributed by atoms with Crippen LogP contribution in [0.4, 0.5) is 0 Å². The molecule has 3 rings (SSSR count). The van der Waals surface area contributed by atoms with Crippen molar-refractivity contribution >= 4 is 11.8 Å². The van der Waals surface area contributed by atoms with Crippen LogP contribution in [0.1, 0.15) is 44.6 Å². The van der Waals surface area contributed by atoms with Gasteiger partial charge >= 0.3 is 0 Å². The summed E-state index contributed by atoms with van der Waals surface area (Å²) in [5, 5.41) is 3.15. The Morgan fingerprint density at radius 2 is 1.76 bits per heavy atom. The van der Waals surface area contributed by atoms with Gasteiger partial charge in [-0.3, -0.25) is 9.59 Å². The minimum Gasteiger partial charge on any atom is -0.497 e. The zero-order chi connectivity index (χ0) is 23.6. The molecule has 0 saturated heterocycles. The van der Waals surface area contributed by atoms with Crippen LogP contribution in [-0.2, 0) is 16.1 Å². The molecule has 0 bridgehead atoms. The number of para-hydroxylation sites is 2. The Labute approximate surface area is 196 Å². The van der Waals surface area contributed by atoms with Gasteiger partial charge in [-0.15, -0.1) is 0 Å². The fraction of sp³-hybridized carbons (Fsp3) is 0.462. The number of nitrogens with zero attached hydrogens (tertiary/aromatic N) is 1. The van der Waals surface area contributed by atoms with E-state index in [0.29, 0.717) is 23.7 Å².